The Morgan fingerprint density at radius 1 is 1.40 bits per heavy atom. The highest BCUT2D eigenvalue weighted by Gasteiger charge is 2.13. The number of amides is 2. The van der Waals surface area contributed by atoms with Crippen LogP contribution in [0.25, 0.3) is 0 Å². The molecule has 1 aromatic carbocycles. The van der Waals surface area contributed by atoms with Gasteiger partial charge in [0.15, 0.2) is 21.2 Å². The molecule has 1 aromatic rings. The lowest BCUT2D eigenvalue weighted by Gasteiger charge is -2.03. The fourth-order valence-electron chi connectivity index (χ4n) is 0.982. The summed E-state index contributed by atoms with van der Waals surface area (Å²) in [6.07, 6.45) is 0. The molecule has 0 saturated heterocycles. The molecule has 6 heteroatoms. The van der Waals surface area contributed by atoms with E-state index in [4.69, 9.17) is 5.11 Å². The van der Waals surface area contributed by atoms with E-state index in [1.807, 2.05) is 0 Å². The first-order valence-corrected chi connectivity index (χ1v) is 5.92. The maximum atomic E-state index is 11.4. The summed E-state index contributed by atoms with van der Waals surface area (Å²) in [6.45, 7) is 1.20. The molecule has 0 aliphatic carbocycles. The van der Waals surface area contributed by atoms with Crippen LogP contribution in [0.2, 0.25) is 0 Å². The number of rotatable bonds is 2. The topological polar surface area (TPSA) is 83.5 Å². The van der Waals surface area contributed by atoms with E-state index < -0.39 is 33.0 Å². The Morgan fingerprint density at radius 2 is 2.07 bits per heavy atom. The number of aromatic hydroxyl groups is 1. The number of phenolic OH excluding ortho intramolecular Hbond substituents is 1. The summed E-state index contributed by atoms with van der Waals surface area (Å²) in [5.41, 5.74) is 0.0769. The van der Waals surface area contributed by atoms with Gasteiger partial charge in [-0.05, 0) is 18.2 Å². The van der Waals surface area contributed by atoms with Gasteiger partial charge in [-0.25, -0.2) is 0 Å². The van der Waals surface area contributed by atoms with Gasteiger partial charge in [0.05, 0.1) is 9.13 Å². The predicted molar refractivity (Wildman–Crippen MR) is 59.7 cm³/mol. The van der Waals surface area contributed by atoms with Crippen molar-refractivity contribution in [1.29, 1.82) is 0 Å². The summed E-state index contributed by atoms with van der Waals surface area (Å²) in [7, 11) is 0. The summed E-state index contributed by atoms with van der Waals surface area (Å²) < 4.78 is 11.2. The lowest BCUT2D eigenvalue weighted by molar-refractivity contribution is -0.118. The minimum absolute atomic E-state index is 0.0769. The number of hydrogen-bond acceptors (Lipinski definition) is 4. The lowest BCUT2D eigenvalue weighted by atomic mass is 10.2. The molecule has 0 radical (unpaired) electrons. The normalized spacial score (nSPS) is 9.67. The van der Waals surface area contributed by atoms with Crippen molar-refractivity contribution in [3.63, 3.8) is 0 Å². The van der Waals surface area contributed by atoms with Gasteiger partial charge in [0.1, 0.15) is 5.75 Å². The predicted octanol–water partition coefficient (Wildman–Crippen LogP) is 1.15. The first kappa shape index (κ1) is 11.8. The number of halogens is 1. The Balaban J connectivity index is 3.11. The average Bonchev–Trinajstić information content (AvgIpc) is 2.16. The van der Waals surface area contributed by atoms with Gasteiger partial charge >= 0.3 is 0 Å². The summed E-state index contributed by atoms with van der Waals surface area (Å²) in [6, 6.07) is 3.94. The Labute approximate surface area is 96.1 Å². The van der Waals surface area contributed by atoms with E-state index in [1.165, 1.54) is 25.1 Å². The molecule has 0 atom stereocenters. The molecule has 5 nitrogen and oxygen atoms in total. The van der Waals surface area contributed by atoms with Crippen molar-refractivity contribution in [2.45, 2.75) is 6.92 Å². The van der Waals surface area contributed by atoms with Crippen LogP contribution >= 0.6 is 21.2 Å². The molecule has 2 amide bonds. The van der Waals surface area contributed by atoms with Crippen molar-refractivity contribution in [1.82, 2.24) is 5.32 Å². The number of phenols is 1. The van der Waals surface area contributed by atoms with Gasteiger partial charge in [-0.1, -0.05) is 0 Å². The standard InChI is InChI=1S/C9H8INO4/c1-5(12)11-9(14)7-4-6(13)2-3-8(7)10-15/h2-4,13H,1H3,(H,11,12,14). The maximum absolute atomic E-state index is 11.4. The quantitative estimate of drug-likeness (QED) is 0.801. The second-order valence-corrected chi connectivity index (χ2v) is 4.35. The second kappa shape index (κ2) is 4.96. The molecule has 15 heavy (non-hydrogen) atoms. The van der Waals surface area contributed by atoms with Crippen LogP contribution in [0.4, 0.5) is 0 Å². The highest BCUT2D eigenvalue weighted by molar-refractivity contribution is 14.1. The minimum atomic E-state index is -1.52. The Bertz CT molecular complexity index is 430. The molecule has 0 unspecified atom stereocenters. The highest BCUT2D eigenvalue weighted by atomic mass is 127. The lowest BCUT2D eigenvalue weighted by Crippen LogP contribution is -2.28. The number of imide groups is 1. The molecule has 0 fully saturated rings. The largest absolute Gasteiger partial charge is 0.508 e. The zero-order chi connectivity index (χ0) is 11.4. The van der Waals surface area contributed by atoms with Crippen molar-refractivity contribution >= 4 is 33.0 Å². The summed E-state index contributed by atoms with van der Waals surface area (Å²) >= 11 is -1.52. The van der Waals surface area contributed by atoms with Crippen LogP contribution < -0.4 is 5.32 Å². The van der Waals surface area contributed by atoms with Gasteiger partial charge in [-0.2, -0.15) is 0 Å². The number of benzene rings is 1. The Morgan fingerprint density at radius 3 is 2.60 bits per heavy atom. The van der Waals surface area contributed by atoms with E-state index in [1.54, 1.807) is 0 Å². The van der Waals surface area contributed by atoms with Crippen LogP contribution in [0, 0.1) is 3.57 Å². The van der Waals surface area contributed by atoms with E-state index in [9.17, 15) is 12.7 Å². The van der Waals surface area contributed by atoms with Crippen LogP contribution in [0.5, 0.6) is 5.75 Å². The third kappa shape index (κ3) is 3.08. The van der Waals surface area contributed by atoms with E-state index >= 15 is 0 Å². The number of hydrogen-bond donors (Lipinski definition) is 2. The fourth-order valence-corrected chi connectivity index (χ4v) is 1.95. The summed E-state index contributed by atoms with van der Waals surface area (Å²) in [4.78, 5) is 22.1. The smallest absolute Gasteiger partial charge is 0.259 e. The molecule has 0 spiro atoms. The highest BCUT2D eigenvalue weighted by Crippen LogP contribution is 2.20. The van der Waals surface area contributed by atoms with Gasteiger partial charge < -0.3 is 5.11 Å². The zero-order valence-electron chi connectivity index (χ0n) is 7.78. The SMILES string of the molecule is CC(=O)NC(=O)c1cc(O)ccc1I=O. The Hall–Kier alpha value is -1.31. The van der Waals surface area contributed by atoms with Gasteiger partial charge in [0.25, 0.3) is 5.91 Å². The number of carbonyl (C=O) groups is 2. The summed E-state index contributed by atoms with van der Waals surface area (Å²) in [5.74, 6) is -1.26. The number of carbonyl (C=O) groups excluding carboxylic acids is 2. The average molecular weight is 321 g/mol. The third-order valence-corrected chi connectivity index (χ3v) is 2.98. The molecule has 0 aliphatic rings. The fraction of sp³-hybridized carbons (Fsp3) is 0.111. The van der Waals surface area contributed by atoms with Gasteiger partial charge in [-0.3, -0.25) is 18.0 Å². The molecule has 0 heterocycles. The molecule has 0 bridgehead atoms. The van der Waals surface area contributed by atoms with E-state index in [-0.39, 0.29) is 11.3 Å². The first-order valence-electron chi connectivity index (χ1n) is 3.96. The Kier molecular flexibility index (Phi) is 3.89. The molecule has 1 rings (SSSR count). The van der Waals surface area contributed by atoms with Gasteiger partial charge in [0, 0.05) is 6.92 Å². The van der Waals surface area contributed by atoms with Crippen molar-refractivity contribution in [2.24, 2.45) is 0 Å². The van der Waals surface area contributed by atoms with Crippen molar-refractivity contribution in [3.8, 4) is 5.75 Å². The minimum Gasteiger partial charge on any atom is -0.508 e. The summed E-state index contributed by atoms with van der Waals surface area (Å²) in [5, 5.41) is 11.2. The van der Waals surface area contributed by atoms with Crippen molar-refractivity contribution < 1.29 is 17.8 Å². The molecule has 0 aromatic heterocycles. The molecule has 0 aliphatic heterocycles. The first-order chi connectivity index (χ1) is 7.04. The number of nitrogens with one attached hydrogen (secondary N) is 1. The van der Waals surface area contributed by atoms with Crippen molar-refractivity contribution in [2.75, 3.05) is 0 Å². The zero-order valence-corrected chi connectivity index (χ0v) is 9.94. The van der Waals surface area contributed by atoms with Crippen molar-refractivity contribution in [3.05, 3.63) is 27.3 Å². The maximum Gasteiger partial charge on any atom is 0.259 e. The molecule has 80 valence electrons. The monoisotopic (exact) mass is 321 g/mol. The van der Waals surface area contributed by atoms with E-state index in [2.05, 4.69) is 5.32 Å². The molecular weight excluding hydrogens is 313 g/mol. The van der Waals surface area contributed by atoms with Crippen LogP contribution in [0.15, 0.2) is 18.2 Å². The van der Waals surface area contributed by atoms with Gasteiger partial charge in [0.2, 0.25) is 5.91 Å². The van der Waals surface area contributed by atoms with Crippen LogP contribution in [-0.4, -0.2) is 16.9 Å². The van der Waals surface area contributed by atoms with Crippen LogP contribution in [-0.2, 0) is 7.86 Å². The molecular formula is C9H8INO4. The van der Waals surface area contributed by atoms with Gasteiger partial charge in [-0.15, -0.1) is 0 Å². The van der Waals surface area contributed by atoms with E-state index in [0.717, 1.165) is 0 Å². The van der Waals surface area contributed by atoms with Crippen LogP contribution in [0.3, 0.4) is 0 Å². The van der Waals surface area contributed by atoms with Crippen LogP contribution in [0.1, 0.15) is 17.3 Å². The van der Waals surface area contributed by atoms with E-state index in [0.29, 0.717) is 3.57 Å². The second-order valence-electron chi connectivity index (χ2n) is 2.75. The molecule has 2 N–H and O–H groups in total. The molecule has 0 saturated carbocycles. The third-order valence-electron chi connectivity index (χ3n) is 1.57.